The van der Waals surface area contributed by atoms with Crippen molar-refractivity contribution in [1.82, 2.24) is 41.3 Å². The van der Waals surface area contributed by atoms with Crippen molar-refractivity contribution in [3.8, 4) is 0 Å². The number of amides is 6. The molecule has 9 rings (SSSR count). The van der Waals surface area contributed by atoms with Crippen molar-refractivity contribution in [1.29, 1.82) is 0 Å². The fourth-order valence-corrected chi connectivity index (χ4v) is 12.2. The van der Waals surface area contributed by atoms with Crippen LogP contribution in [0.15, 0.2) is 84.9 Å². The van der Waals surface area contributed by atoms with E-state index in [4.69, 9.17) is 4.74 Å². The molecule has 21 heteroatoms. The third-order valence-electron chi connectivity index (χ3n) is 17.1. The Morgan fingerprint density at radius 1 is 0.892 bits per heavy atom. The van der Waals surface area contributed by atoms with Crippen molar-refractivity contribution in [2.75, 3.05) is 76.3 Å². The zero-order valence-electron chi connectivity index (χ0n) is 49.0. The van der Waals surface area contributed by atoms with Crippen molar-refractivity contribution in [2.24, 2.45) is 5.41 Å². The maximum absolute atomic E-state index is 14.9. The minimum atomic E-state index is -1.22. The van der Waals surface area contributed by atoms with Gasteiger partial charge in [0.05, 0.1) is 43.8 Å². The SMILES string of the molecule is CNC(C)C(=O)NC(C(=O)N1Cc2cc(NC(=O)CNC(=O)C3(C)CN(C(=O)CN4C[C@@H](C)NC[C@@H]4CN4CCOCC4C)c4cc(Cc5ccc(F)cc5)ccc43)ccc2C[C@H]1C(=O)N[C@@H]1CCCc2ccccc21)C(C)(C)C.Cl.Cl.Cl. The van der Waals surface area contributed by atoms with Gasteiger partial charge in [-0.3, -0.25) is 38.6 Å². The molecular formula is C62H84Cl3FN10O7. The first-order valence-electron chi connectivity index (χ1n) is 28.5. The molecule has 6 N–H and O–H groups in total. The second-order valence-electron chi connectivity index (χ2n) is 24.1. The number of hydrogen-bond acceptors (Lipinski definition) is 11. The number of nitrogens with one attached hydrogen (secondary N) is 6. The molecule has 4 aromatic carbocycles. The summed E-state index contributed by atoms with van der Waals surface area (Å²) in [5.74, 6) is -2.39. The molecule has 1 aliphatic carbocycles. The zero-order chi connectivity index (χ0) is 57.0. The largest absolute Gasteiger partial charge is 0.379 e. The number of nitrogens with zero attached hydrogens (tertiary/aromatic N) is 4. The summed E-state index contributed by atoms with van der Waals surface area (Å²) in [6.07, 6.45) is 3.31. The van der Waals surface area contributed by atoms with Crippen LogP contribution in [0.25, 0.3) is 0 Å². The van der Waals surface area contributed by atoms with Gasteiger partial charge in [-0.1, -0.05) is 75.4 Å². The van der Waals surface area contributed by atoms with Crippen LogP contribution in [0.2, 0.25) is 0 Å². The summed E-state index contributed by atoms with van der Waals surface area (Å²) in [4.78, 5) is 94.1. The Morgan fingerprint density at radius 3 is 2.35 bits per heavy atom. The van der Waals surface area contributed by atoms with Gasteiger partial charge in [0, 0.05) is 75.2 Å². The predicted molar refractivity (Wildman–Crippen MR) is 328 cm³/mol. The number of ether oxygens (including phenoxy) is 1. The van der Waals surface area contributed by atoms with E-state index in [1.165, 1.54) is 17.7 Å². The first-order valence-corrected chi connectivity index (χ1v) is 28.5. The molecule has 2 saturated heterocycles. The Balaban J connectivity index is 0.00000369. The Labute approximate surface area is 506 Å². The third kappa shape index (κ3) is 15.4. The van der Waals surface area contributed by atoms with Crippen LogP contribution < -0.4 is 36.8 Å². The number of rotatable bonds is 16. The highest BCUT2D eigenvalue weighted by Gasteiger charge is 2.48. The van der Waals surface area contributed by atoms with Gasteiger partial charge in [-0.15, -0.1) is 37.2 Å². The van der Waals surface area contributed by atoms with Crippen molar-refractivity contribution in [3.63, 3.8) is 0 Å². The van der Waals surface area contributed by atoms with Crippen molar-refractivity contribution >= 4 is 84.0 Å². The molecule has 8 atom stereocenters. The summed E-state index contributed by atoms with van der Waals surface area (Å²) in [6, 6.07) is 23.5. The lowest BCUT2D eigenvalue weighted by Gasteiger charge is -2.43. The summed E-state index contributed by atoms with van der Waals surface area (Å²) >= 11 is 0. The number of anilines is 2. The lowest BCUT2D eigenvalue weighted by molar-refractivity contribution is -0.147. The van der Waals surface area contributed by atoms with Crippen LogP contribution in [0.4, 0.5) is 15.8 Å². The number of piperazine rings is 1. The maximum atomic E-state index is 14.9. The quantitative estimate of drug-likeness (QED) is 0.0769. The molecule has 4 heterocycles. The van der Waals surface area contributed by atoms with E-state index in [1.807, 2.05) is 63.2 Å². The van der Waals surface area contributed by atoms with E-state index in [0.717, 1.165) is 66.7 Å². The van der Waals surface area contributed by atoms with Gasteiger partial charge in [0.15, 0.2) is 0 Å². The van der Waals surface area contributed by atoms with Gasteiger partial charge in [0.1, 0.15) is 17.9 Å². The van der Waals surface area contributed by atoms with E-state index in [-0.39, 0.29) is 118 Å². The van der Waals surface area contributed by atoms with Crippen molar-refractivity contribution < 1.29 is 37.9 Å². The summed E-state index contributed by atoms with van der Waals surface area (Å²) in [6.45, 7) is 17.7. The van der Waals surface area contributed by atoms with Gasteiger partial charge in [-0.2, -0.15) is 0 Å². The monoisotopic (exact) mass is 1200 g/mol. The fourth-order valence-electron chi connectivity index (χ4n) is 12.2. The number of aryl methyl sites for hydroxylation is 1. The molecule has 0 saturated carbocycles. The Morgan fingerprint density at radius 2 is 1.63 bits per heavy atom. The third-order valence-corrected chi connectivity index (χ3v) is 17.1. The van der Waals surface area contributed by atoms with Crippen LogP contribution in [-0.4, -0.2) is 152 Å². The van der Waals surface area contributed by atoms with E-state index in [0.29, 0.717) is 43.1 Å². The van der Waals surface area contributed by atoms with Gasteiger partial charge >= 0.3 is 0 Å². The van der Waals surface area contributed by atoms with Crippen LogP contribution >= 0.6 is 37.2 Å². The van der Waals surface area contributed by atoms with Gasteiger partial charge in [-0.25, -0.2) is 4.39 Å². The molecule has 2 fully saturated rings. The van der Waals surface area contributed by atoms with Gasteiger partial charge in [0.2, 0.25) is 35.4 Å². The average Bonchev–Trinajstić information content (AvgIpc) is 3.88. The van der Waals surface area contributed by atoms with Gasteiger partial charge < -0.3 is 46.4 Å². The molecule has 0 spiro atoms. The van der Waals surface area contributed by atoms with Crippen LogP contribution in [0.1, 0.15) is 106 Å². The molecule has 6 amide bonds. The highest BCUT2D eigenvalue weighted by atomic mass is 35.5. The normalized spacial score (nSPS) is 23.0. The van der Waals surface area contributed by atoms with Crippen molar-refractivity contribution in [3.05, 3.63) is 130 Å². The molecule has 5 aliphatic rings. The molecule has 0 bridgehead atoms. The van der Waals surface area contributed by atoms with Gasteiger partial charge in [-0.05, 0) is 135 Å². The molecular weight excluding hydrogens is 1120 g/mol. The van der Waals surface area contributed by atoms with Gasteiger partial charge in [0.25, 0.3) is 0 Å². The number of halogens is 4. The number of carbonyl (C=O) groups excluding carboxylic acids is 6. The van der Waals surface area contributed by atoms with Crippen molar-refractivity contribution in [2.45, 2.75) is 135 Å². The van der Waals surface area contributed by atoms with E-state index in [1.54, 1.807) is 55.0 Å². The number of carbonyl (C=O) groups is 6. The molecule has 0 aromatic heterocycles. The second kappa shape index (κ2) is 28.5. The zero-order valence-corrected chi connectivity index (χ0v) is 51.4. The number of hydrogen-bond donors (Lipinski definition) is 6. The number of benzene rings is 4. The number of fused-ring (bicyclic) bond motifs is 3. The highest BCUT2D eigenvalue weighted by Crippen LogP contribution is 2.42. The molecule has 17 nitrogen and oxygen atoms in total. The second-order valence-corrected chi connectivity index (χ2v) is 24.1. The highest BCUT2D eigenvalue weighted by molar-refractivity contribution is 6.04. The first kappa shape index (κ1) is 66.4. The van der Waals surface area contributed by atoms with E-state index in [2.05, 4.69) is 61.6 Å². The summed E-state index contributed by atoms with van der Waals surface area (Å²) in [7, 11) is 1.67. The first-order chi connectivity index (χ1) is 38.2. The Kier molecular flexibility index (Phi) is 22.8. The smallest absolute Gasteiger partial charge is 0.246 e. The van der Waals surface area contributed by atoms with E-state index >= 15 is 0 Å². The molecule has 4 unspecified atom stereocenters. The summed E-state index contributed by atoms with van der Waals surface area (Å²) < 4.78 is 19.6. The minimum Gasteiger partial charge on any atom is -0.379 e. The van der Waals surface area contributed by atoms with Crippen LogP contribution in [0.3, 0.4) is 0 Å². The van der Waals surface area contributed by atoms with E-state index in [9.17, 15) is 33.2 Å². The molecule has 452 valence electrons. The Hall–Kier alpha value is -5.70. The molecule has 0 radical (unpaired) electrons. The lowest BCUT2D eigenvalue weighted by atomic mass is 9.83. The van der Waals surface area contributed by atoms with Crippen LogP contribution in [0.5, 0.6) is 0 Å². The fraction of sp³-hybridized carbons (Fsp3) is 0.516. The summed E-state index contributed by atoms with van der Waals surface area (Å²) in [5, 5.41) is 18.6. The maximum Gasteiger partial charge on any atom is 0.246 e. The van der Waals surface area contributed by atoms with E-state index < -0.39 is 46.7 Å². The Bertz CT molecular complexity index is 2970. The number of morpholine rings is 1. The summed E-state index contributed by atoms with van der Waals surface area (Å²) in [5.41, 5.74) is 5.41. The van der Waals surface area contributed by atoms with Crippen LogP contribution in [-0.2, 0) is 64.7 Å². The predicted octanol–water partition coefficient (Wildman–Crippen LogP) is 6.01. The number of likely N-dealkylation sites (N-methyl/N-ethyl adjacent to an activating group) is 1. The minimum absolute atomic E-state index is 0. The molecule has 4 aliphatic heterocycles. The molecule has 4 aromatic rings. The lowest BCUT2D eigenvalue weighted by Crippen LogP contribution is -2.62. The standard InChI is InChI=1S/C62H81FN10O7.3ClH/c1-38-32-71(48(30-65-38)34-70-24-25-80-36-39(70)2)35-55(75)73-37-62(7,50-23-18-42(27-52(50)73)26-41-16-20-46(63)21-17-41)60(79)66-31-54(74)67-47-22-19-44-29-53(58(77)68-51-15-11-13-43-12-9-10-14-49(43)51)72(33-45(44)28-47)59(78)56(61(4,5)6)69-57(76)40(3)64-8;;;/h9-10,12,14,16-23,27-28,38-40,48,51,53,56,64-65H,11,13,15,24-26,29-37H2,1-8H3,(H,66,79)(H,67,74)(H,68,77)(H,69,76);3*1H/t38-,39?,40?,48-,51-,53+,56?,62?;;;/m1.../s1. The topological polar surface area (TPSA) is 197 Å². The van der Waals surface area contributed by atoms with Crippen LogP contribution in [0, 0.1) is 11.2 Å². The molecule has 83 heavy (non-hydrogen) atoms. The average molecular weight is 1210 g/mol.